The average molecular weight is 237 g/mol. The number of amides is 1. The highest BCUT2D eigenvalue weighted by atomic mass is 32.2. The molecule has 1 atom stereocenters. The lowest BCUT2D eigenvalue weighted by Gasteiger charge is -2.10. The number of hydrogen-bond acceptors (Lipinski definition) is 4. The Kier molecular flexibility index (Phi) is 3.79. The molecule has 0 bridgehead atoms. The van der Waals surface area contributed by atoms with Crippen molar-refractivity contribution in [2.75, 3.05) is 11.6 Å². The van der Waals surface area contributed by atoms with Crippen LogP contribution in [-0.2, 0) is 11.3 Å². The Morgan fingerprint density at radius 3 is 3.19 bits per heavy atom. The Balaban J connectivity index is 1.82. The summed E-state index contributed by atoms with van der Waals surface area (Å²) < 4.78 is 0. The molecule has 0 saturated carbocycles. The Hall–Kier alpha value is -1.07. The van der Waals surface area contributed by atoms with Gasteiger partial charge in [0.1, 0.15) is 0 Å². The maximum Gasteiger partial charge on any atom is 0.238 e. The van der Waals surface area contributed by atoms with Gasteiger partial charge in [0.15, 0.2) is 0 Å². The van der Waals surface area contributed by atoms with Gasteiger partial charge in [-0.15, -0.1) is 11.8 Å². The zero-order valence-corrected chi connectivity index (χ0v) is 10.0. The first-order valence-corrected chi connectivity index (χ1v) is 6.41. The normalized spacial score (nSPS) is 19.7. The lowest BCUT2D eigenvalue weighted by atomic mass is 10.2. The molecule has 1 fully saturated rings. The molecule has 1 unspecified atom stereocenters. The molecule has 0 radical (unpaired) electrons. The van der Waals surface area contributed by atoms with Gasteiger partial charge in [-0.1, -0.05) is 6.07 Å². The van der Waals surface area contributed by atoms with Gasteiger partial charge < -0.3 is 5.32 Å². The van der Waals surface area contributed by atoms with Crippen LogP contribution >= 0.6 is 11.8 Å². The van der Waals surface area contributed by atoms with Gasteiger partial charge in [0.2, 0.25) is 5.91 Å². The molecular formula is C11H15N3OS. The fourth-order valence-corrected chi connectivity index (χ4v) is 2.42. The molecule has 2 N–H and O–H groups in total. The van der Waals surface area contributed by atoms with E-state index in [1.807, 2.05) is 19.1 Å². The molecule has 0 aromatic carbocycles. The standard InChI is InChI=1S/C11H15N3OS/c1-8-2-3-9(4-12-8)5-13-11(15)10-6-16-7-14-10/h2-4,10,14H,5-7H2,1H3,(H,13,15). The van der Waals surface area contributed by atoms with E-state index >= 15 is 0 Å². The Morgan fingerprint density at radius 2 is 2.56 bits per heavy atom. The van der Waals surface area contributed by atoms with Crippen molar-refractivity contribution < 1.29 is 4.79 Å². The van der Waals surface area contributed by atoms with Crippen LogP contribution in [-0.4, -0.2) is 28.6 Å². The van der Waals surface area contributed by atoms with Crippen LogP contribution in [0, 0.1) is 6.92 Å². The maximum absolute atomic E-state index is 11.7. The number of carbonyl (C=O) groups is 1. The minimum Gasteiger partial charge on any atom is -0.351 e. The van der Waals surface area contributed by atoms with E-state index in [0.29, 0.717) is 6.54 Å². The summed E-state index contributed by atoms with van der Waals surface area (Å²) in [7, 11) is 0. The minimum atomic E-state index is -0.0385. The smallest absolute Gasteiger partial charge is 0.238 e. The molecule has 0 spiro atoms. The fourth-order valence-electron chi connectivity index (χ4n) is 1.48. The maximum atomic E-state index is 11.7. The highest BCUT2D eigenvalue weighted by Gasteiger charge is 2.21. The number of rotatable bonds is 3. The summed E-state index contributed by atoms with van der Waals surface area (Å²) >= 11 is 1.75. The van der Waals surface area contributed by atoms with Crippen LogP contribution in [0.25, 0.3) is 0 Å². The molecule has 0 aliphatic carbocycles. The highest BCUT2D eigenvalue weighted by Crippen LogP contribution is 2.09. The van der Waals surface area contributed by atoms with Gasteiger partial charge in [-0.25, -0.2) is 0 Å². The predicted octanol–water partition coefficient (Wildman–Crippen LogP) is 0.669. The van der Waals surface area contributed by atoms with Crippen molar-refractivity contribution in [1.29, 1.82) is 0 Å². The molecule has 1 aliphatic heterocycles. The van der Waals surface area contributed by atoms with Gasteiger partial charge >= 0.3 is 0 Å². The number of carbonyl (C=O) groups excluding carboxylic acids is 1. The van der Waals surface area contributed by atoms with Crippen LogP contribution in [0.1, 0.15) is 11.3 Å². The molecule has 1 aliphatic rings. The molecule has 1 aromatic heterocycles. The van der Waals surface area contributed by atoms with E-state index in [0.717, 1.165) is 22.9 Å². The van der Waals surface area contributed by atoms with Gasteiger partial charge in [0.05, 0.1) is 6.04 Å². The van der Waals surface area contributed by atoms with Crippen LogP contribution < -0.4 is 10.6 Å². The van der Waals surface area contributed by atoms with Crippen molar-refractivity contribution >= 4 is 17.7 Å². The summed E-state index contributed by atoms with van der Waals surface area (Å²) in [5.74, 6) is 1.80. The van der Waals surface area contributed by atoms with E-state index < -0.39 is 0 Å². The molecule has 4 nitrogen and oxygen atoms in total. The second-order valence-corrected chi connectivity index (χ2v) is 4.83. The van der Waals surface area contributed by atoms with Crippen molar-refractivity contribution in [3.63, 3.8) is 0 Å². The number of aromatic nitrogens is 1. The van der Waals surface area contributed by atoms with Gasteiger partial charge in [0.25, 0.3) is 0 Å². The van der Waals surface area contributed by atoms with Crippen LogP contribution in [0.5, 0.6) is 0 Å². The highest BCUT2D eigenvalue weighted by molar-refractivity contribution is 7.99. The summed E-state index contributed by atoms with van der Waals surface area (Å²) in [5, 5.41) is 6.04. The number of thioether (sulfide) groups is 1. The first kappa shape index (κ1) is 11.4. The summed E-state index contributed by atoms with van der Waals surface area (Å²) in [4.78, 5) is 15.9. The van der Waals surface area contributed by atoms with Gasteiger partial charge in [-0.3, -0.25) is 15.1 Å². The van der Waals surface area contributed by atoms with E-state index in [-0.39, 0.29) is 11.9 Å². The van der Waals surface area contributed by atoms with Gasteiger partial charge in [-0.2, -0.15) is 0 Å². The summed E-state index contributed by atoms with van der Waals surface area (Å²) in [6, 6.07) is 3.90. The largest absolute Gasteiger partial charge is 0.351 e. The monoisotopic (exact) mass is 237 g/mol. The molecular weight excluding hydrogens is 222 g/mol. The van der Waals surface area contributed by atoms with Gasteiger partial charge in [0, 0.05) is 30.1 Å². The zero-order chi connectivity index (χ0) is 11.4. The Bertz CT molecular complexity index is 360. The topological polar surface area (TPSA) is 54.0 Å². The Morgan fingerprint density at radius 1 is 1.69 bits per heavy atom. The second-order valence-electron chi connectivity index (χ2n) is 3.80. The zero-order valence-electron chi connectivity index (χ0n) is 9.19. The van der Waals surface area contributed by atoms with Crippen LogP contribution in [0.3, 0.4) is 0 Å². The molecule has 5 heteroatoms. The average Bonchev–Trinajstić information content (AvgIpc) is 2.81. The molecule has 1 aromatic rings. The number of aryl methyl sites for hydroxylation is 1. The lowest BCUT2D eigenvalue weighted by molar-refractivity contribution is -0.122. The third kappa shape index (κ3) is 2.96. The first-order chi connectivity index (χ1) is 7.75. The van der Waals surface area contributed by atoms with Crippen LogP contribution in [0.2, 0.25) is 0 Å². The molecule has 86 valence electrons. The number of pyridine rings is 1. The van der Waals surface area contributed by atoms with Crippen molar-refractivity contribution in [2.24, 2.45) is 0 Å². The number of nitrogens with one attached hydrogen (secondary N) is 2. The summed E-state index contributed by atoms with van der Waals surface area (Å²) in [5.41, 5.74) is 2.02. The van der Waals surface area contributed by atoms with Crippen molar-refractivity contribution in [3.8, 4) is 0 Å². The predicted molar refractivity (Wildman–Crippen MR) is 65.1 cm³/mol. The van der Waals surface area contributed by atoms with Crippen LogP contribution in [0.15, 0.2) is 18.3 Å². The van der Waals surface area contributed by atoms with Crippen molar-refractivity contribution in [2.45, 2.75) is 19.5 Å². The van der Waals surface area contributed by atoms with Crippen LogP contribution in [0.4, 0.5) is 0 Å². The summed E-state index contributed by atoms with van der Waals surface area (Å²) in [6.07, 6.45) is 1.80. The third-order valence-electron chi connectivity index (χ3n) is 2.47. The minimum absolute atomic E-state index is 0.0385. The van der Waals surface area contributed by atoms with E-state index in [1.54, 1.807) is 18.0 Å². The van der Waals surface area contributed by atoms with E-state index in [2.05, 4.69) is 15.6 Å². The fraction of sp³-hybridized carbons (Fsp3) is 0.455. The lowest BCUT2D eigenvalue weighted by Crippen LogP contribution is -2.41. The Labute approximate surface area is 99.2 Å². The molecule has 1 saturated heterocycles. The molecule has 1 amide bonds. The quantitative estimate of drug-likeness (QED) is 0.811. The number of hydrogen-bond donors (Lipinski definition) is 2. The SMILES string of the molecule is Cc1ccc(CNC(=O)C2CSCN2)cn1. The number of nitrogens with zero attached hydrogens (tertiary/aromatic N) is 1. The molecule has 2 heterocycles. The first-order valence-electron chi connectivity index (χ1n) is 5.26. The molecule has 16 heavy (non-hydrogen) atoms. The second kappa shape index (κ2) is 5.32. The van der Waals surface area contributed by atoms with Gasteiger partial charge in [-0.05, 0) is 18.6 Å². The third-order valence-corrected chi connectivity index (χ3v) is 3.41. The molecule has 2 rings (SSSR count). The van der Waals surface area contributed by atoms with E-state index in [1.165, 1.54) is 0 Å². The van der Waals surface area contributed by atoms with E-state index in [9.17, 15) is 4.79 Å². The van der Waals surface area contributed by atoms with Crippen molar-refractivity contribution in [3.05, 3.63) is 29.6 Å². The summed E-state index contributed by atoms with van der Waals surface area (Å²) in [6.45, 7) is 2.50. The van der Waals surface area contributed by atoms with E-state index in [4.69, 9.17) is 0 Å². The van der Waals surface area contributed by atoms with Crippen molar-refractivity contribution in [1.82, 2.24) is 15.6 Å².